The maximum atomic E-state index is 11.3. The van der Waals surface area contributed by atoms with Gasteiger partial charge in [0, 0.05) is 10.5 Å². The molecule has 23 heavy (non-hydrogen) atoms. The number of para-hydroxylation sites is 1. The highest BCUT2D eigenvalue weighted by molar-refractivity contribution is 9.10. The summed E-state index contributed by atoms with van der Waals surface area (Å²) in [6.45, 7) is 0. The van der Waals surface area contributed by atoms with Gasteiger partial charge in [0.1, 0.15) is 0 Å². The molecule has 4 aromatic rings. The zero-order valence-corrected chi connectivity index (χ0v) is 14.6. The van der Waals surface area contributed by atoms with Gasteiger partial charge < -0.3 is 0 Å². The minimum absolute atomic E-state index is 0.0423. The molecule has 114 valence electrons. The van der Waals surface area contributed by atoms with Gasteiger partial charge in [-0.2, -0.15) is 0 Å². The molecule has 0 aliphatic heterocycles. The maximum Gasteiger partial charge on any atom is 0.284 e. The highest BCUT2D eigenvalue weighted by Crippen LogP contribution is 2.37. The van der Waals surface area contributed by atoms with Gasteiger partial charge in [-0.15, -0.1) is 10.2 Å². The van der Waals surface area contributed by atoms with E-state index >= 15 is 0 Å². The molecule has 6 nitrogen and oxygen atoms in total. The number of hydrogen-bond acceptors (Lipinski definition) is 6. The van der Waals surface area contributed by atoms with E-state index in [-0.39, 0.29) is 5.69 Å². The first-order valence-electron chi connectivity index (χ1n) is 6.48. The molecule has 0 aliphatic rings. The van der Waals surface area contributed by atoms with Gasteiger partial charge in [-0.25, -0.2) is 0 Å². The van der Waals surface area contributed by atoms with Crippen LogP contribution in [0.5, 0.6) is 0 Å². The van der Waals surface area contributed by atoms with Crippen molar-refractivity contribution in [3.63, 3.8) is 0 Å². The number of benzene rings is 2. The second-order valence-corrected chi connectivity index (χ2v) is 7.58. The lowest BCUT2D eigenvalue weighted by Crippen LogP contribution is -1.92. The summed E-state index contributed by atoms with van der Waals surface area (Å²) in [5.74, 6) is 0. The van der Waals surface area contributed by atoms with Gasteiger partial charge in [-0.3, -0.25) is 14.5 Å². The number of nitro groups is 1. The zero-order valence-electron chi connectivity index (χ0n) is 11.3. The third kappa shape index (κ3) is 2.50. The van der Waals surface area contributed by atoms with E-state index in [2.05, 4.69) is 26.1 Å². The summed E-state index contributed by atoms with van der Waals surface area (Å²) in [4.78, 5) is 12.2. The highest BCUT2D eigenvalue weighted by atomic mass is 79.9. The van der Waals surface area contributed by atoms with Crippen LogP contribution in [0, 0.1) is 10.1 Å². The molecule has 0 fully saturated rings. The van der Waals surface area contributed by atoms with Gasteiger partial charge >= 0.3 is 0 Å². The number of halogens is 1. The molecule has 2 aromatic heterocycles. The fourth-order valence-electron chi connectivity index (χ4n) is 2.24. The summed E-state index contributed by atoms with van der Waals surface area (Å²) in [7, 11) is 0. The van der Waals surface area contributed by atoms with Gasteiger partial charge in [-0.1, -0.05) is 39.4 Å². The molecule has 2 aromatic carbocycles. The molecule has 0 N–H and O–H groups in total. The second kappa shape index (κ2) is 5.59. The number of fused-ring (bicyclic) bond motifs is 3. The van der Waals surface area contributed by atoms with Gasteiger partial charge in [0.05, 0.1) is 20.0 Å². The lowest BCUT2D eigenvalue weighted by atomic mass is 10.3. The van der Waals surface area contributed by atoms with Crippen LogP contribution in [0.1, 0.15) is 0 Å². The van der Waals surface area contributed by atoms with Crippen LogP contribution in [-0.4, -0.2) is 19.5 Å². The van der Waals surface area contributed by atoms with Gasteiger partial charge in [0.25, 0.3) is 5.69 Å². The number of nitrogens with zero attached hydrogens (tertiary/aromatic N) is 4. The van der Waals surface area contributed by atoms with Gasteiger partial charge in [-0.05, 0) is 36.0 Å². The van der Waals surface area contributed by atoms with Crippen LogP contribution >= 0.6 is 39.0 Å². The minimum atomic E-state index is -0.392. The summed E-state index contributed by atoms with van der Waals surface area (Å²) >= 11 is 6.04. The van der Waals surface area contributed by atoms with Crippen molar-refractivity contribution in [2.24, 2.45) is 0 Å². The van der Waals surface area contributed by atoms with E-state index in [0.29, 0.717) is 14.5 Å². The number of nitro benzene ring substituents is 1. The standard InChI is InChI=1S/C14H7BrN4O2S2/c15-8-5-6-12(10(7-8)19(20)21)23-14-17-16-13-18(14)9-3-1-2-4-11(9)22-13/h1-7H. The van der Waals surface area contributed by atoms with E-state index in [1.807, 2.05) is 28.7 Å². The quantitative estimate of drug-likeness (QED) is 0.362. The Morgan fingerprint density at radius 1 is 1.22 bits per heavy atom. The summed E-state index contributed by atoms with van der Waals surface area (Å²) in [5, 5.41) is 20.2. The van der Waals surface area contributed by atoms with Gasteiger partial charge in [0.15, 0.2) is 0 Å². The van der Waals surface area contributed by atoms with Crippen LogP contribution in [0.3, 0.4) is 0 Å². The maximum absolute atomic E-state index is 11.3. The fourth-order valence-corrected chi connectivity index (χ4v) is 4.54. The molecular formula is C14H7BrN4O2S2. The predicted octanol–water partition coefficient (Wildman–Crippen LogP) is 4.77. The average molecular weight is 407 g/mol. The Hall–Kier alpha value is -1.97. The SMILES string of the molecule is O=[N+]([O-])c1cc(Br)ccc1Sc1nnc2sc3ccccc3n12. The molecule has 0 radical (unpaired) electrons. The van der Waals surface area contributed by atoms with Crippen LogP contribution in [-0.2, 0) is 0 Å². The molecule has 0 amide bonds. The van der Waals surface area contributed by atoms with Crippen molar-refractivity contribution < 1.29 is 4.92 Å². The monoisotopic (exact) mass is 406 g/mol. The Balaban J connectivity index is 1.86. The molecule has 0 bridgehead atoms. The zero-order chi connectivity index (χ0) is 16.0. The van der Waals surface area contributed by atoms with Crippen molar-refractivity contribution in [2.45, 2.75) is 10.1 Å². The highest BCUT2D eigenvalue weighted by Gasteiger charge is 2.19. The molecule has 0 saturated carbocycles. The van der Waals surface area contributed by atoms with Crippen LogP contribution in [0.15, 0.2) is 57.0 Å². The van der Waals surface area contributed by atoms with Crippen molar-refractivity contribution >= 4 is 59.9 Å². The molecular weight excluding hydrogens is 400 g/mol. The molecule has 4 rings (SSSR count). The van der Waals surface area contributed by atoms with Crippen LogP contribution in [0.4, 0.5) is 5.69 Å². The van der Waals surface area contributed by atoms with E-state index < -0.39 is 4.92 Å². The van der Waals surface area contributed by atoms with Crippen molar-refractivity contribution in [1.29, 1.82) is 0 Å². The van der Waals surface area contributed by atoms with E-state index in [9.17, 15) is 10.1 Å². The largest absolute Gasteiger partial charge is 0.284 e. The molecule has 9 heteroatoms. The third-order valence-electron chi connectivity index (χ3n) is 3.23. The number of hydrogen-bond donors (Lipinski definition) is 0. The Labute approximate surface area is 146 Å². The molecule has 0 spiro atoms. The van der Waals surface area contributed by atoms with Crippen molar-refractivity contribution in [1.82, 2.24) is 14.6 Å². The molecule has 0 atom stereocenters. The minimum Gasteiger partial charge on any atom is -0.260 e. The topological polar surface area (TPSA) is 73.3 Å². The molecule has 2 heterocycles. The summed E-state index contributed by atoms with van der Waals surface area (Å²) in [6, 6.07) is 12.9. The van der Waals surface area contributed by atoms with Crippen molar-refractivity contribution in [2.75, 3.05) is 0 Å². The van der Waals surface area contributed by atoms with Crippen LogP contribution in [0.25, 0.3) is 15.2 Å². The lowest BCUT2D eigenvalue weighted by molar-refractivity contribution is -0.387. The Morgan fingerprint density at radius 2 is 2.04 bits per heavy atom. The Kier molecular flexibility index (Phi) is 3.55. The van der Waals surface area contributed by atoms with E-state index in [0.717, 1.165) is 15.2 Å². The molecule has 0 aliphatic carbocycles. The first kappa shape index (κ1) is 14.6. The molecule has 0 unspecified atom stereocenters. The van der Waals surface area contributed by atoms with Crippen molar-refractivity contribution in [3.8, 4) is 0 Å². The fraction of sp³-hybridized carbons (Fsp3) is 0. The Morgan fingerprint density at radius 3 is 2.87 bits per heavy atom. The first-order chi connectivity index (χ1) is 11.1. The average Bonchev–Trinajstić information content (AvgIpc) is 3.08. The van der Waals surface area contributed by atoms with E-state index in [1.54, 1.807) is 23.5 Å². The van der Waals surface area contributed by atoms with Crippen LogP contribution in [0.2, 0.25) is 0 Å². The van der Waals surface area contributed by atoms with Crippen LogP contribution < -0.4 is 0 Å². The number of aromatic nitrogens is 3. The second-order valence-electron chi connectivity index (χ2n) is 4.64. The van der Waals surface area contributed by atoms with E-state index in [4.69, 9.17) is 0 Å². The normalized spacial score (nSPS) is 11.3. The summed E-state index contributed by atoms with van der Waals surface area (Å²) in [5.41, 5.74) is 1.04. The smallest absolute Gasteiger partial charge is 0.260 e. The van der Waals surface area contributed by atoms with Crippen molar-refractivity contribution in [3.05, 3.63) is 57.1 Å². The third-order valence-corrected chi connectivity index (χ3v) is 5.75. The molecule has 0 saturated heterocycles. The van der Waals surface area contributed by atoms with E-state index in [1.165, 1.54) is 17.8 Å². The predicted molar refractivity (Wildman–Crippen MR) is 93.3 cm³/mol. The summed E-state index contributed by atoms with van der Waals surface area (Å²) in [6.07, 6.45) is 0. The first-order valence-corrected chi connectivity index (χ1v) is 8.90. The lowest BCUT2D eigenvalue weighted by Gasteiger charge is -2.02. The number of thiazole rings is 1. The Bertz CT molecular complexity index is 1060. The summed E-state index contributed by atoms with van der Waals surface area (Å²) < 4.78 is 3.70. The van der Waals surface area contributed by atoms with Gasteiger partial charge in [0.2, 0.25) is 10.1 Å². The number of rotatable bonds is 3.